The van der Waals surface area contributed by atoms with Crippen LogP contribution in [0.4, 0.5) is 0 Å². The van der Waals surface area contributed by atoms with Crippen LogP contribution in [0.2, 0.25) is 0 Å². The molecule has 1 aromatic heterocycles. The van der Waals surface area contributed by atoms with Gasteiger partial charge in [-0.3, -0.25) is 0 Å². The lowest BCUT2D eigenvalue weighted by Gasteiger charge is -2.27. The Morgan fingerprint density at radius 2 is 2.12 bits per heavy atom. The zero-order valence-electron chi connectivity index (χ0n) is 9.82. The molecule has 0 amide bonds. The van der Waals surface area contributed by atoms with Crippen LogP contribution in [-0.2, 0) is 0 Å². The van der Waals surface area contributed by atoms with E-state index in [0.29, 0.717) is 5.92 Å². The van der Waals surface area contributed by atoms with Gasteiger partial charge in [-0.15, -0.1) is 11.3 Å². The van der Waals surface area contributed by atoms with Crippen molar-refractivity contribution in [3.8, 4) is 0 Å². The average Bonchev–Trinajstić information content (AvgIpc) is 2.72. The molecule has 0 radical (unpaired) electrons. The highest BCUT2D eigenvalue weighted by Gasteiger charge is 2.21. The van der Waals surface area contributed by atoms with E-state index in [1.807, 2.05) is 11.3 Å². The number of nitrogens with zero attached hydrogens (tertiary/aromatic N) is 2. The van der Waals surface area contributed by atoms with Gasteiger partial charge in [-0.2, -0.15) is 0 Å². The third kappa shape index (κ3) is 2.39. The summed E-state index contributed by atoms with van der Waals surface area (Å²) in [6, 6.07) is 6.35. The molecule has 3 rings (SSSR count). The van der Waals surface area contributed by atoms with Crippen molar-refractivity contribution in [3.63, 3.8) is 0 Å². The topological polar surface area (TPSA) is 16.1 Å². The third-order valence-electron chi connectivity index (χ3n) is 3.43. The molecule has 0 atom stereocenters. The predicted octanol–water partition coefficient (Wildman–Crippen LogP) is 3.87. The summed E-state index contributed by atoms with van der Waals surface area (Å²) in [6.45, 7) is 2.40. The average molecular weight is 311 g/mol. The molecular formula is C13H15BrN2S. The maximum absolute atomic E-state index is 4.78. The number of fused-ring (bicyclic) bond motifs is 1. The first-order valence-corrected chi connectivity index (χ1v) is 7.58. The van der Waals surface area contributed by atoms with Gasteiger partial charge in [0.05, 0.1) is 15.2 Å². The molecule has 2 nitrogen and oxygen atoms in total. The van der Waals surface area contributed by atoms with Crippen molar-refractivity contribution in [3.05, 3.63) is 27.7 Å². The van der Waals surface area contributed by atoms with Gasteiger partial charge >= 0.3 is 0 Å². The van der Waals surface area contributed by atoms with E-state index in [4.69, 9.17) is 4.98 Å². The molecular weight excluding hydrogens is 296 g/mol. The molecule has 1 aliphatic rings. The molecule has 17 heavy (non-hydrogen) atoms. The summed E-state index contributed by atoms with van der Waals surface area (Å²) in [7, 11) is 2.20. The lowest BCUT2D eigenvalue weighted by Crippen LogP contribution is -2.29. The quantitative estimate of drug-likeness (QED) is 0.795. The number of thiazole rings is 1. The minimum Gasteiger partial charge on any atom is -0.306 e. The van der Waals surface area contributed by atoms with E-state index in [2.05, 4.69) is 46.1 Å². The Morgan fingerprint density at radius 1 is 1.35 bits per heavy atom. The van der Waals surface area contributed by atoms with Crippen molar-refractivity contribution < 1.29 is 0 Å². The van der Waals surface area contributed by atoms with Crippen LogP contribution >= 0.6 is 27.3 Å². The molecule has 2 heterocycles. The van der Waals surface area contributed by atoms with E-state index in [-0.39, 0.29) is 0 Å². The SMILES string of the molecule is CN1CCC(c2nc3ccc(Br)cc3s2)CC1. The first kappa shape index (κ1) is 11.6. The van der Waals surface area contributed by atoms with Crippen molar-refractivity contribution in [2.45, 2.75) is 18.8 Å². The monoisotopic (exact) mass is 310 g/mol. The first-order chi connectivity index (χ1) is 8.22. The summed E-state index contributed by atoms with van der Waals surface area (Å²) >= 11 is 5.38. The van der Waals surface area contributed by atoms with Crippen LogP contribution < -0.4 is 0 Å². The van der Waals surface area contributed by atoms with Crippen molar-refractivity contribution >= 4 is 37.5 Å². The zero-order chi connectivity index (χ0) is 11.8. The fourth-order valence-electron chi connectivity index (χ4n) is 2.35. The van der Waals surface area contributed by atoms with Gasteiger partial charge in [0.2, 0.25) is 0 Å². The Labute approximate surface area is 114 Å². The molecule has 0 saturated carbocycles. The second kappa shape index (κ2) is 4.67. The lowest BCUT2D eigenvalue weighted by molar-refractivity contribution is 0.255. The van der Waals surface area contributed by atoms with Crippen LogP contribution in [-0.4, -0.2) is 30.0 Å². The molecule has 90 valence electrons. The number of rotatable bonds is 1. The molecule has 4 heteroatoms. The maximum Gasteiger partial charge on any atom is 0.0970 e. The van der Waals surface area contributed by atoms with Gasteiger partial charge in [-0.05, 0) is 51.2 Å². The lowest BCUT2D eigenvalue weighted by atomic mass is 9.98. The normalized spacial score (nSPS) is 18.9. The Kier molecular flexibility index (Phi) is 3.19. The second-order valence-electron chi connectivity index (χ2n) is 4.74. The van der Waals surface area contributed by atoms with Crippen LogP contribution in [0.1, 0.15) is 23.8 Å². The summed E-state index contributed by atoms with van der Waals surface area (Å²) < 4.78 is 2.44. The van der Waals surface area contributed by atoms with Gasteiger partial charge in [0, 0.05) is 10.4 Å². The van der Waals surface area contributed by atoms with Gasteiger partial charge in [-0.1, -0.05) is 15.9 Å². The predicted molar refractivity (Wildman–Crippen MR) is 76.8 cm³/mol. The highest BCUT2D eigenvalue weighted by Crippen LogP contribution is 2.34. The highest BCUT2D eigenvalue weighted by atomic mass is 79.9. The van der Waals surface area contributed by atoms with Crippen LogP contribution in [0.5, 0.6) is 0 Å². The Bertz CT molecular complexity index is 529. The first-order valence-electron chi connectivity index (χ1n) is 5.97. The number of hydrogen-bond acceptors (Lipinski definition) is 3. The smallest absolute Gasteiger partial charge is 0.0970 e. The van der Waals surface area contributed by atoms with E-state index in [0.717, 1.165) is 9.99 Å². The van der Waals surface area contributed by atoms with Crippen LogP contribution in [0, 0.1) is 0 Å². The number of halogens is 1. The standard InChI is InChI=1S/C13H15BrN2S/c1-16-6-4-9(5-7-16)13-15-11-3-2-10(14)8-12(11)17-13/h2-3,8-9H,4-7H2,1H3. The van der Waals surface area contributed by atoms with Crippen LogP contribution in [0.3, 0.4) is 0 Å². The number of aromatic nitrogens is 1. The Morgan fingerprint density at radius 3 is 2.88 bits per heavy atom. The molecule has 0 N–H and O–H groups in total. The molecule has 1 aliphatic heterocycles. The van der Waals surface area contributed by atoms with Crippen LogP contribution in [0.15, 0.2) is 22.7 Å². The van der Waals surface area contributed by atoms with Gasteiger partial charge in [0.15, 0.2) is 0 Å². The summed E-state index contributed by atoms with van der Waals surface area (Å²) in [6.07, 6.45) is 2.50. The zero-order valence-corrected chi connectivity index (χ0v) is 12.2. The summed E-state index contributed by atoms with van der Waals surface area (Å²) in [4.78, 5) is 7.18. The van der Waals surface area contributed by atoms with E-state index >= 15 is 0 Å². The van der Waals surface area contributed by atoms with Crippen molar-refractivity contribution in [1.29, 1.82) is 0 Å². The number of hydrogen-bond donors (Lipinski definition) is 0. The molecule has 0 bridgehead atoms. The van der Waals surface area contributed by atoms with E-state index in [9.17, 15) is 0 Å². The van der Waals surface area contributed by atoms with Gasteiger partial charge < -0.3 is 4.90 Å². The molecule has 1 fully saturated rings. The largest absolute Gasteiger partial charge is 0.306 e. The number of benzene rings is 1. The molecule has 1 saturated heterocycles. The minimum atomic E-state index is 0.669. The summed E-state index contributed by atoms with van der Waals surface area (Å²) in [5.41, 5.74) is 1.15. The number of likely N-dealkylation sites (tertiary alicyclic amines) is 1. The summed E-state index contributed by atoms with van der Waals surface area (Å²) in [5, 5.41) is 1.33. The minimum absolute atomic E-state index is 0.669. The maximum atomic E-state index is 4.78. The van der Waals surface area contributed by atoms with Crippen molar-refractivity contribution in [2.75, 3.05) is 20.1 Å². The molecule has 0 aliphatic carbocycles. The molecule has 0 unspecified atom stereocenters. The van der Waals surface area contributed by atoms with Crippen molar-refractivity contribution in [2.24, 2.45) is 0 Å². The van der Waals surface area contributed by atoms with Gasteiger partial charge in [-0.25, -0.2) is 4.98 Å². The molecule has 0 spiro atoms. The van der Waals surface area contributed by atoms with Crippen LogP contribution in [0.25, 0.3) is 10.2 Å². The third-order valence-corrected chi connectivity index (χ3v) is 5.11. The highest BCUT2D eigenvalue weighted by molar-refractivity contribution is 9.10. The van der Waals surface area contributed by atoms with Gasteiger partial charge in [0.1, 0.15) is 0 Å². The van der Waals surface area contributed by atoms with Gasteiger partial charge in [0.25, 0.3) is 0 Å². The van der Waals surface area contributed by atoms with E-state index in [1.54, 1.807) is 0 Å². The summed E-state index contributed by atoms with van der Waals surface area (Å²) in [5.74, 6) is 0.669. The Hall–Kier alpha value is -0.450. The fourth-order valence-corrected chi connectivity index (χ4v) is 4.03. The molecule has 1 aromatic carbocycles. The van der Waals surface area contributed by atoms with E-state index in [1.165, 1.54) is 35.6 Å². The second-order valence-corrected chi connectivity index (χ2v) is 6.72. The number of piperidine rings is 1. The molecule has 2 aromatic rings. The Balaban J connectivity index is 1.90. The van der Waals surface area contributed by atoms with Crippen molar-refractivity contribution in [1.82, 2.24) is 9.88 Å². The fraction of sp³-hybridized carbons (Fsp3) is 0.462. The van der Waals surface area contributed by atoms with E-state index < -0.39 is 0 Å².